The fourth-order valence-electron chi connectivity index (χ4n) is 2.25. The van der Waals surface area contributed by atoms with Crippen molar-refractivity contribution in [2.45, 2.75) is 12.8 Å². The first-order chi connectivity index (χ1) is 9.70. The molecule has 0 unspecified atom stereocenters. The van der Waals surface area contributed by atoms with Crippen LogP contribution in [0.3, 0.4) is 0 Å². The van der Waals surface area contributed by atoms with Gasteiger partial charge in [0, 0.05) is 20.1 Å². The van der Waals surface area contributed by atoms with Crippen LogP contribution in [0.4, 0.5) is 0 Å². The van der Waals surface area contributed by atoms with Crippen LogP contribution in [0.15, 0.2) is 12.1 Å². The SMILES string of the molecule is CN(CCN1CCCC1)C(=O)c1ccc(C#CCN)s1. The summed E-state index contributed by atoms with van der Waals surface area (Å²) in [5.41, 5.74) is 5.34. The van der Waals surface area contributed by atoms with E-state index in [1.807, 2.05) is 19.2 Å². The molecule has 2 N–H and O–H groups in total. The van der Waals surface area contributed by atoms with Gasteiger partial charge in [0.2, 0.25) is 0 Å². The second kappa shape index (κ2) is 7.44. The lowest BCUT2D eigenvalue weighted by atomic mass is 10.3. The van der Waals surface area contributed by atoms with Crippen molar-refractivity contribution in [1.82, 2.24) is 9.80 Å². The maximum absolute atomic E-state index is 12.3. The first kappa shape index (κ1) is 15.0. The van der Waals surface area contributed by atoms with E-state index in [1.54, 1.807) is 4.90 Å². The number of hydrogen-bond donors (Lipinski definition) is 1. The van der Waals surface area contributed by atoms with Gasteiger partial charge in [0.15, 0.2) is 0 Å². The van der Waals surface area contributed by atoms with E-state index in [9.17, 15) is 4.79 Å². The fourth-order valence-corrected chi connectivity index (χ4v) is 3.12. The van der Waals surface area contributed by atoms with Gasteiger partial charge in [0.25, 0.3) is 5.91 Å². The second-order valence-corrected chi connectivity index (χ2v) is 6.03. The minimum absolute atomic E-state index is 0.0787. The Hall–Kier alpha value is -1.35. The van der Waals surface area contributed by atoms with Crippen LogP contribution >= 0.6 is 11.3 Å². The molecule has 1 aliphatic heterocycles. The van der Waals surface area contributed by atoms with Crippen molar-refractivity contribution in [1.29, 1.82) is 0 Å². The Bertz CT molecular complexity index is 509. The van der Waals surface area contributed by atoms with Crippen LogP contribution in [0.2, 0.25) is 0 Å². The van der Waals surface area contributed by atoms with Gasteiger partial charge >= 0.3 is 0 Å². The van der Waals surface area contributed by atoms with E-state index in [0.29, 0.717) is 6.54 Å². The number of hydrogen-bond acceptors (Lipinski definition) is 4. The van der Waals surface area contributed by atoms with Crippen molar-refractivity contribution in [3.63, 3.8) is 0 Å². The largest absolute Gasteiger partial charge is 0.340 e. The van der Waals surface area contributed by atoms with Gasteiger partial charge in [0.1, 0.15) is 0 Å². The topological polar surface area (TPSA) is 49.6 Å². The predicted octanol–water partition coefficient (Wildman–Crippen LogP) is 1.23. The summed E-state index contributed by atoms with van der Waals surface area (Å²) in [7, 11) is 1.86. The van der Waals surface area contributed by atoms with Gasteiger partial charge in [-0.05, 0) is 38.1 Å². The Kier molecular flexibility index (Phi) is 5.60. The summed E-state index contributed by atoms with van der Waals surface area (Å²) in [6.07, 6.45) is 2.57. The molecule has 1 amide bonds. The van der Waals surface area contributed by atoms with E-state index in [4.69, 9.17) is 5.73 Å². The summed E-state index contributed by atoms with van der Waals surface area (Å²) in [5.74, 6) is 5.84. The third kappa shape index (κ3) is 4.07. The average Bonchev–Trinajstić information content (AvgIpc) is 3.12. The van der Waals surface area contributed by atoms with Gasteiger partial charge in [-0.25, -0.2) is 0 Å². The molecule has 0 atom stereocenters. The molecule has 0 aliphatic carbocycles. The maximum Gasteiger partial charge on any atom is 0.263 e. The molecular formula is C15H21N3OS. The Morgan fingerprint density at radius 3 is 2.90 bits per heavy atom. The zero-order valence-corrected chi connectivity index (χ0v) is 12.7. The van der Waals surface area contributed by atoms with Crippen LogP contribution in [0, 0.1) is 11.8 Å². The van der Waals surface area contributed by atoms with Crippen LogP contribution in [0.1, 0.15) is 27.4 Å². The Morgan fingerprint density at radius 1 is 1.45 bits per heavy atom. The molecule has 1 aromatic heterocycles. The summed E-state index contributed by atoms with van der Waals surface area (Å²) in [6, 6.07) is 3.73. The van der Waals surface area contributed by atoms with Crippen molar-refractivity contribution >= 4 is 17.2 Å². The molecule has 20 heavy (non-hydrogen) atoms. The first-order valence-electron chi connectivity index (χ1n) is 6.97. The van der Waals surface area contributed by atoms with Crippen molar-refractivity contribution in [2.75, 3.05) is 39.8 Å². The molecule has 0 bridgehead atoms. The number of amides is 1. The van der Waals surface area contributed by atoms with E-state index >= 15 is 0 Å². The van der Waals surface area contributed by atoms with Crippen LogP contribution in [-0.2, 0) is 0 Å². The first-order valence-corrected chi connectivity index (χ1v) is 7.79. The zero-order valence-electron chi connectivity index (χ0n) is 11.9. The van der Waals surface area contributed by atoms with Gasteiger partial charge in [0.05, 0.1) is 16.3 Å². The minimum Gasteiger partial charge on any atom is -0.340 e. The van der Waals surface area contributed by atoms with E-state index in [1.165, 1.54) is 37.3 Å². The van der Waals surface area contributed by atoms with Crippen LogP contribution in [0.25, 0.3) is 0 Å². The second-order valence-electron chi connectivity index (χ2n) is 4.95. The summed E-state index contributed by atoms with van der Waals surface area (Å²) < 4.78 is 0. The number of carbonyl (C=O) groups is 1. The third-order valence-corrected chi connectivity index (χ3v) is 4.42. The van der Waals surface area contributed by atoms with E-state index in [2.05, 4.69) is 16.7 Å². The molecule has 108 valence electrons. The van der Waals surface area contributed by atoms with Gasteiger partial charge in [-0.15, -0.1) is 11.3 Å². The molecule has 2 rings (SSSR count). The van der Waals surface area contributed by atoms with Crippen molar-refractivity contribution in [3.8, 4) is 11.8 Å². The van der Waals surface area contributed by atoms with Gasteiger partial charge in [-0.2, -0.15) is 0 Å². The predicted molar refractivity (Wildman–Crippen MR) is 82.9 cm³/mol. The number of nitrogens with zero attached hydrogens (tertiary/aromatic N) is 2. The number of thiophene rings is 1. The molecule has 1 fully saturated rings. The van der Waals surface area contributed by atoms with Crippen molar-refractivity contribution < 1.29 is 4.79 Å². The number of likely N-dealkylation sites (N-methyl/N-ethyl adjacent to an activating group) is 1. The monoisotopic (exact) mass is 291 g/mol. The lowest BCUT2D eigenvalue weighted by Gasteiger charge is -2.20. The lowest BCUT2D eigenvalue weighted by molar-refractivity contribution is 0.0787. The van der Waals surface area contributed by atoms with E-state index < -0.39 is 0 Å². The number of carbonyl (C=O) groups excluding carboxylic acids is 1. The molecular weight excluding hydrogens is 270 g/mol. The average molecular weight is 291 g/mol. The van der Waals surface area contributed by atoms with E-state index in [0.717, 1.165) is 22.8 Å². The maximum atomic E-state index is 12.3. The molecule has 2 heterocycles. The van der Waals surface area contributed by atoms with Crippen molar-refractivity contribution in [3.05, 3.63) is 21.9 Å². The van der Waals surface area contributed by atoms with Gasteiger partial charge in [-0.1, -0.05) is 11.8 Å². The molecule has 0 aromatic carbocycles. The zero-order chi connectivity index (χ0) is 14.4. The highest BCUT2D eigenvalue weighted by atomic mass is 32.1. The quantitative estimate of drug-likeness (QED) is 0.849. The summed E-state index contributed by atoms with van der Waals surface area (Å²) >= 11 is 1.43. The van der Waals surface area contributed by atoms with Gasteiger partial charge in [-0.3, -0.25) is 4.79 Å². The third-order valence-electron chi connectivity index (χ3n) is 3.43. The van der Waals surface area contributed by atoms with Crippen molar-refractivity contribution in [2.24, 2.45) is 5.73 Å². The summed E-state index contributed by atoms with van der Waals surface area (Å²) in [6.45, 7) is 4.42. The number of nitrogens with two attached hydrogens (primary N) is 1. The van der Waals surface area contributed by atoms with Crippen LogP contribution < -0.4 is 5.73 Å². The molecule has 0 saturated carbocycles. The normalized spacial score (nSPS) is 14.9. The fraction of sp³-hybridized carbons (Fsp3) is 0.533. The standard InChI is InChI=1S/C15H21N3OS/c1-17(11-12-18-9-2-3-10-18)15(19)14-7-6-13(20-14)5-4-8-16/h6-7H,2-3,8-12,16H2,1H3. The molecule has 0 radical (unpaired) electrons. The number of rotatable bonds is 4. The Balaban J connectivity index is 1.87. The molecule has 1 aliphatic rings. The van der Waals surface area contributed by atoms with Crippen LogP contribution in [-0.4, -0.2) is 55.5 Å². The number of likely N-dealkylation sites (tertiary alicyclic amines) is 1. The van der Waals surface area contributed by atoms with Gasteiger partial charge < -0.3 is 15.5 Å². The smallest absolute Gasteiger partial charge is 0.263 e. The highest BCUT2D eigenvalue weighted by Gasteiger charge is 2.16. The Morgan fingerprint density at radius 2 is 2.20 bits per heavy atom. The molecule has 5 heteroatoms. The minimum atomic E-state index is 0.0787. The summed E-state index contributed by atoms with van der Waals surface area (Å²) in [5, 5.41) is 0. The lowest BCUT2D eigenvalue weighted by Crippen LogP contribution is -2.34. The highest BCUT2D eigenvalue weighted by Crippen LogP contribution is 2.17. The van der Waals surface area contributed by atoms with Crippen LogP contribution in [0.5, 0.6) is 0 Å². The molecule has 1 saturated heterocycles. The summed E-state index contributed by atoms with van der Waals surface area (Å²) in [4.78, 5) is 18.1. The molecule has 0 spiro atoms. The highest BCUT2D eigenvalue weighted by molar-refractivity contribution is 7.14. The molecule has 4 nitrogen and oxygen atoms in total. The molecule has 1 aromatic rings. The Labute approximate surface area is 124 Å². The van der Waals surface area contributed by atoms with E-state index in [-0.39, 0.29) is 5.91 Å².